The minimum Gasteiger partial charge on any atom is -0.350 e. The smallest absolute Gasteiger partial charge is 0.350 e. The third kappa shape index (κ3) is 4.81. The number of hydrogen-bond donors (Lipinski definition) is 1. The molecule has 7 heteroatoms. The standard InChI is InChI=1S/C11H15BrF3N3/c1-3-16-5-8-4-9(12)6-17-10(8)18(2)7-11(13,14)15/h4,6,16H,3,5,7H2,1-2H3. The molecule has 1 rings (SSSR count). The van der Waals surface area contributed by atoms with E-state index in [2.05, 4.69) is 26.2 Å². The highest BCUT2D eigenvalue weighted by atomic mass is 79.9. The summed E-state index contributed by atoms with van der Waals surface area (Å²) >= 11 is 3.27. The van der Waals surface area contributed by atoms with Crippen LogP contribution in [0.4, 0.5) is 19.0 Å². The number of hydrogen-bond acceptors (Lipinski definition) is 3. The molecule has 1 aromatic rings. The van der Waals surface area contributed by atoms with E-state index in [9.17, 15) is 13.2 Å². The van der Waals surface area contributed by atoms with Crippen LogP contribution in [0.25, 0.3) is 0 Å². The van der Waals surface area contributed by atoms with Crippen LogP contribution in [0.3, 0.4) is 0 Å². The van der Waals surface area contributed by atoms with Gasteiger partial charge in [-0.25, -0.2) is 4.98 Å². The van der Waals surface area contributed by atoms with Gasteiger partial charge in [-0.05, 0) is 28.5 Å². The van der Waals surface area contributed by atoms with Crippen LogP contribution in [0, 0.1) is 0 Å². The predicted molar refractivity (Wildman–Crippen MR) is 68.6 cm³/mol. The van der Waals surface area contributed by atoms with Crippen LogP contribution in [-0.2, 0) is 6.54 Å². The molecule has 0 aromatic carbocycles. The second-order valence-electron chi connectivity index (χ2n) is 3.89. The summed E-state index contributed by atoms with van der Waals surface area (Å²) in [4.78, 5) is 5.16. The van der Waals surface area contributed by atoms with E-state index < -0.39 is 12.7 Å². The largest absolute Gasteiger partial charge is 0.405 e. The summed E-state index contributed by atoms with van der Waals surface area (Å²) in [6.45, 7) is 2.15. The maximum Gasteiger partial charge on any atom is 0.405 e. The molecule has 1 heterocycles. The van der Waals surface area contributed by atoms with Crippen molar-refractivity contribution in [3.05, 3.63) is 22.3 Å². The van der Waals surface area contributed by atoms with Crippen LogP contribution < -0.4 is 10.2 Å². The van der Waals surface area contributed by atoms with Crippen molar-refractivity contribution in [2.75, 3.05) is 25.0 Å². The van der Waals surface area contributed by atoms with Gasteiger partial charge < -0.3 is 10.2 Å². The Labute approximate surface area is 113 Å². The lowest BCUT2D eigenvalue weighted by molar-refractivity contribution is -0.119. The summed E-state index contributed by atoms with van der Waals surface area (Å²) in [6.07, 6.45) is -2.74. The van der Waals surface area contributed by atoms with Crippen molar-refractivity contribution in [2.24, 2.45) is 0 Å². The fourth-order valence-electron chi connectivity index (χ4n) is 1.55. The first kappa shape index (κ1) is 15.2. The molecule has 1 N–H and O–H groups in total. The highest BCUT2D eigenvalue weighted by molar-refractivity contribution is 9.10. The minimum atomic E-state index is -4.24. The number of nitrogens with one attached hydrogen (secondary N) is 1. The summed E-state index contributed by atoms with van der Waals surface area (Å²) in [6, 6.07) is 1.78. The average Bonchev–Trinajstić information content (AvgIpc) is 2.23. The normalized spacial score (nSPS) is 11.7. The van der Waals surface area contributed by atoms with Crippen LogP contribution in [0.15, 0.2) is 16.7 Å². The summed E-state index contributed by atoms with van der Waals surface area (Å²) in [5, 5.41) is 3.08. The van der Waals surface area contributed by atoms with E-state index in [0.717, 1.165) is 21.5 Å². The van der Waals surface area contributed by atoms with Gasteiger partial charge >= 0.3 is 6.18 Å². The molecule has 0 saturated heterocycles. The first-order valence-electron chi connectivity index (χ1n) is 5.46. The molecule has 0 aliphatic heterocycles. The van der Waals surface area contributed by atoms with Crippen LogP contribution in [-0.4, -0.2) is 31.3 Å². The van der Waals surface area contributed by atoms with Gasteiger partial charge in [0.15, 0.2) is 0 Å². The zero-order valence-corrected chi connectivity index (χ0v) is 11.8. The SMILES string of the molecule is CCNCc1cc(Br)cnc1N(C)CC(F)(F)F. The lowest BCUT2D eigenvalue weighted by Crippen LogP contribution is -2.32. The van der Waals surface area contributed by atoms with Gasteiger partial charge in [-0.3, -0.25) is 0 Å². The van der Waals surface area contributed by atoms with Gasteiger partial charge in [0.05, 0.1) is 0 Å². The van der Waals surface area contributed by atoms with Crippen molar-refractivity contribution in [3.63, 3.8) is 0 Å². The van der Waals surface area contributed by atoms with E-state index in [0.29, 0.717) is 12.4 Å². The van der Waals surface area contributed by atoms with E-state index in [1.54, 1.807) is 6.07 Å². The zero-order chi connectivity index (χ0) is 13.8. The molecule has 102 valence electrons. The van der Waals surface area contributed by atoms with Gasteiger partial charge in [0.25, 0.3) is 0 Å². The van der Waals surface area contributed by atoms with Gasteiger partial charge in [-0.15, -0.1) is 0 Å². The van der Waals surface area contributed by atoms with Crippen molar-refractivity contribution in [2.45, 2.75) is 19.6 Å². The first-order chi connectivity index (χ1) is 8.33. The van der Waals surface area contributed by atoms with Crippen molar-refractivity contribution < 1.29 is 13.2 Å². The van der Waals surface area contributed by atoms with E-state index >= 15 is 0 Å². The van der Waals surface area contributed by atoms with Gasteiger partial charge in [-0.1, -0.05) is 6.92 Å². The van der Waals surface area contributed by atoms with E-state index in [1.807, 2.05) is 6.92 Å². The lowest BCUT2D eigenvalue weighted by Gasteiger charge is -2.22. The first-order valence-corrected chi connectivity index (χ1v) is 6.26. The Bertz CT molecular complexity index is 396. The summed E-state index contributed by atoms with van der Waals surface area (Å²) < 4.78 is 37.8. The number of aromatic nitrogens is 1. The highest BCUT2D eigenvalue weighted by Gasteiger charge is 2.30. The summed E-state index contributed by atoms with van der Waals surface area (Å²) in [7, 11) is 1.39. The lowest BCUT2D eigenvalue weighted by atomic mass is 10.2. The quantitative estimate of drug-likeness (QED) is 0.902. The van der Waals surface area contributed by atoms with Gasteiger partial charge in [0, 0.05) is 29.8 Å². The number of pyridine rings is 1. The molecular formula is C11H15BrF3N3. The Morgan fingerprint density at radius 1 is 1.44 bits per heavy atom. The molecule has 3 nitrogen and oxygen atoms in total. The highest BCUT2D eigenvalue weighted by Crippen LogP contribution is 2.24. The molecule has 0 saturated carbocycles. The average molecular weight is 326 g/mol. The van der Waals surface area contributed by atoms with E-state index in [1.165, 1.54) is 13.2 Å². The van der Waals surface area contributed by atoms with Crippen molar-refractivity contribution in [3.8, 4) is 0 Å². The van der Waals surface area contributed by atoms with E-state index in [-0.39, 0.29) is 0 Å². The zero-order valence-electron chi connectivity index (χ0n) is 10.2. The maximum atomic E-state index is 12.4. The molecule has 0 spiro atoms. The number of rotatable bonds is 5. The number of nitrogens with zero attached hydrogens (tertiary/aromatic N) is 2. The van der Waals surface area contributed by atoms with Crippen LogP contribution in [0.2, 0.25) is 0 Å². The molecular weight excluding hydrogens is 311 g/mol. The van der Waals surface area contributed by atoms with Gasteiger partial charge in [0.2, 0.25) is 0 Å². The third-order valence-corrected chi connectivity index (χ3v) is 2.69. The molecule has 0 aliphatic carbocycles. The Balaban J connectivity index is 2.92. The minimum absolute atomic E-state index is 0.344. The van der Waals surface area contributed by atoms with Crippen LogP contribution in [0.1, 0.15) is 12.5 Å². The third-order valence-electron chi connectivity index (χ3n) is 2.25. The monoisotopic (exact) mass is 325 g/mol. The number of alkyl halides is 3. The van der Waals surface area contributed by atoms with Gasteiger partial charge in [-0.2, -0.15) is 13.2 Å². The second-order valence-corrected chi connectivity index (χ2v) is 4.80. The van der Waals surface area contributed by atoms with Crippen LogP contribution >= 0.6 is 15.9 Å². The molecule has 0 aliphatic rings. The molecule has 18 heavy (non-hydrogen) atoms. The molecule has 1 aromatic heterocycles. The predicted octanol–water partition coefficient (Wildman–Crippen LogP) is 2.95. The molecule has 0 atom stereocenters. The molecule has 0 fully saturated rings. The Hall–Kier alpha value is -0.820. The second kappa shape index (κ2) is 6.38. The van der Waals surface area contributed by atoms with Crippen LogP contribution in [0.5, 0.6) is 0 Å². The fourth-order valence-corrected chi connectivity index (χ4v) is 1.93. The summed E-state index contributed by atoms with van der Waals surface area (Å²) in [5.41, 5.74) is 0.734. The Kier molecular flexibility index (Phi) is 5.40. The number of anilines is 1. The fraction of sp³-hybridized carbons (Fsp3) is 0.545. The molecule has 0 radical (unpaired) electrons. The number of halogens is 4. The van der Waals surface area contributed by atoms with Crippen molar-refractivity contribution >= 4 is 21.7 Å². The molecule has 0 unspecified atom stereocenters. The Morgan fingerprint density at radius 2 is 2.11 bits per heavy atom. The maximum absolute atomic E-state index is 12.4. The Morgan fingerprint density at radius 3 is 2.67 bits per heavy atom. The van der Waals surface area contributed by atoms with Gasteiger partial charge in [0.1, 0.15) is 12.4 Å². The van der Waals surface area contributed by atoms with Crippen molar-refractivity contribution in [1.29, 1.82) is 0 Å². The molecule has 0 bridgehead atoms. The van der Waals surface area contributed by atoms with Crippen molar-refractivity contribution in [1.82, 2.24) is 10.3 Å². The van der Waals surface area contributed by atoms with E-state index in [4.69, 9.17) is 0 Å². The topological polar surface area (TPSA) is 28.2 Å². The summed E-state index contributed by atoms with van der Waals surface area (Å²) in [5.74, 6) is 0.344. The molecule has 0 amide bonds.